The number of hydrogen-bond donors (Lipinski definition) is 1. The predicted octanol–water partition coefficient (Wildman–Crippen LogP) is 3.40. The van der Waals surface area contributed by atoms with Gasteiger partial charge in [0.15, 0.2) is 11.5 Å². The lowest BCUT2D eigenvalue weighted by Crippen LogP contribution is -2.46. The Morgan fingerprint density at radius 3 is 2.68 bits per heavy atom. The van der Waals surface area contributed by atoms with E-state index in [0.29, 0.717) is 17.4 Å². The van der Waals surface area contributed by atoms with E-state index in [1.807, 2.05) is 41.8 Å². The van der Waals surface area contributed by atoms with Crippen molar-refractivity contribution in [3.05, 3.63) is 46.7 Å². The van der Waals surface area contributed by atoms with Crippen LogP contribution in [0.2, 0.25) is 0 Å². The van der Waals surface area contributed by atoms with Gasteiger partial charge in [-0.2, -0.15) is 0 Å². The van der Waals surface area contributed by atoms with Gasteiger partial charge in [0.25, 0.3) is 5.91 Å². The fourth-order valence-electron chi connectivity index (χ4n) is 2.43. The fourth-order valence-corrected chi connectivity index (χ4v) is 3.38. The first kappa shape index (κ1) is 14.9. The maximum Gasteiger partial charge on any atom is 0.265 e. The van der Waals surface area contributed by atoms with Crippen molar-refractivity contribution in [2.45, 2.75) is 26.0 Å². The lowest BCUT2D eigenvalue weighted by atomic mass is 10.0. The molecule has 2 atom stereocenters. The molecule has 0 spiro atoms. The molecule has 1 aromatic carbocycles. The lowest BCUT2D eigenvalue weighted by Gasteiger charge is -2.28. The fraction of sp³-hybridized carbons (Fsp3) is 0.353. The minimum Gasteiger partial charge on any atom is -0.485 e. The van der Waals surface area contributed by atoms with Gasteiger partial charge >= 0.3 is 0 Å². The molecule has 0 unspecified atom stereocenters. The van der Waals surface area contributed by atoms with Crippen LogP contribution in [0.15, 0.2) is 41.8 Å². The molecule has 1 aliphatic rings. The molecule has 0 bridgehead atoms. The molecule has 2 heterocycles. The molecule has 0 saturated heterocycles. The number of hydrogen-bond acceptors (Lipinski definition) is 4. The van der Waals surface area contributed by atoms with Crippen LogP contribution in [0, 0.1) is 5.92 Å². The standard InChI is InChI=1S/C17H19NO3S/c1-11(2)16(15-8-5-9-22-15)18-17(19)14-10-20-12-6-3-4-7-13(12)21-14/h3-9,11,14,16H,10H2,1-2H3,(H,18,19)/t14-,16+/m1/s1. The van der Waals surface area contributed by atoms with Crippen molar-refractivity contribution in [1.29, 1.82) is 0 Å². The van der Waals surface area contributed by atoms with Gasteiger partial charge in [0.1, 0.15) is 6.61 Å². The summed E-state index contributed by atoms with van der Waals surface area (Å²) in [5, 5.41) is 5.11. The minimum atomic E-state index is -0.615. The van der Waals surface area contributed by atoms with Gasteiger partial charge in [-0.1, -0.05) is 32.0 Å². The Bertz CT molecular complexity index is 639. The van der Waals surface area contributed by atoms with Crippen molar-refractivity contribution in [2.75, 3.05) is 6.61 Å². The number of carbonyl (C=O) groups excluding carboxylic acids is 1. The zero-order chi connectivity index (χ0) is 15.5. The maximum atomic E-state index is 12.5. The van der Waals surface area contributed by atoms with Gasteiger partial charge in [-0.3, -0.25) is 4.79 Å². The number of rotatable bonds is 4. The van der Waals surface area contributed by atoms with Gasteiger partial charge in [0, 0.05) is 4.88 Å². The normalized spacial score (nSPS) is 18.0. The number of fused-ring (bicyclic) bond motifs is 1. The van der Waals surface area contributed by atoms with E-state index in [1.165, 1.54) is 0 Å². The highest BCUT2D eigenvalue weighted by molar-refractivity contribution is 7.10. The molecule has 0 radical (unpaired) electrons. The van der Waals surface area contributed by atoms with E-state index >= 15 is 0 Å². The third kappa shape index (κ3) is 3.09. The van der Waals surface area contributed by atoms with Gasteiger partial charge in [-0.25, -0.2) is 0 Å². The number of amides is 1. The largest absolute Gasteiger partial charge is 0.485 e. The van der Waals surface area contributed by atoms with Gasteiger partial charge in [0.05, 0.1) is 6.04 Å². The van der Waals surface area contributed by atoms with Crippen LogP contribution in [0.5, 0.6) is 11.5 Å². The highest BCUT2D eigenvalue weighted by Gasteiger charge is 2.30. The topological polar surface area (TPSA) is 47.6 Å². The summed E-state index contributed by atoms with van der Waals surface area (Å²) in [5.74, 6) is 1.47. The van der Waals surface area contributed by atoms with Gasteiger partial charge in [0.2, 0.25) is 6.10 Å². The molecule has 0 fully saturated rings. The van der Waals surface area contributed by atoms with Crippen molar-refractivity contribution < 1.29 is 14.3 Å². The van der Waals surface area contributed by atoms with Crippen molar-refractivity contribution in [1.82, 2.24) is 5.32 Å². The molecule has 1 N–H and O–H groups in total. The lowest BCUT2D eigenvalue weighted by molar-refractivity contribution is -0.131. The molecule has 2 aromatic rings. The molecular weight excluding hydrogens is 298 g/mol. The number of ether oxygens (including phenoxy) is 2. The summed E-state index contributed by atoms with van der Waals surface area (Å²) < 4.78 is 11.4. The SMILES string of the molecule is CC(C)[C@H](NC(=O)[C@H]1COc2ccccc2O1)c1cccs1. The Balaban J connectivity index is 1.69. The van der Waals surface area contributed by atoms with Crippen molar-refractivity contribution >= 4 is 17.2 Å². The Hall–Kier alpha value is -2.01. The van der Waals surface area contributed by atoms with E-state index in [0.717, 1.165) is 4.88 Å². The maximum absolute atomic E-state index is 12.5. The number of benzene rings is 1. The molecule has 1 aliphatic heterocycles. The minimum absolute atomic E-state index is 0.00623. The number of para-hydroxylation sites is 2. The first-order chi connectivity index (χ1) is 10.6. The van der Waals surface area contributed by atoms with Crippen LogP contribution >= 0.6 is 11.3 Å². The van der Waals surface area contributed by atoms with Crippen LogP contribution < -0.4 is 14.8 Å². The number of thiophene rings is 1. The van der Waals surface area contributed by atoms with Gasteiger partial charge < -0.3 is 14.8 Å². The highest BCUT2D eigenvalue weighted by Crippen LogP contribution is 2.31. The van der Waals surface area contributed by atoms with E-state index in [1.54, 1.807) is 11.3 Å². The molecule has 3 rings (SSSR count). The molecular formula is C17H19NO3S. The average molecular weight is 317 g/mol. The summed E-state index contributed by atoms with van der Waals surface area (Å²) in [5.41, 5.74) is 0. The molecule has 0 saturated carbocycles. The molecule has 22 heavy (non-hydrogen) atoms. The zero-order valence-electron chi connectivity index (χ0n) is 12.6. The summed E-state index contributed by atoms with van der Waals surface area (Å²) in [6.07, 6.45) is -0.615. The zero-order valence-corrected chi connectivity index (χ0v) is 13.4. The van der Waals surface area contributed by atoms with Crippen LogP contribution in [-0.2, 0) is 4.79 Å². The number of carbonyl (C=O) groups is 1. The van der Waals surface area contributed by atoms with Crippen LogP contribution in [0.4, 0.5) is 0 Å². The Labute approximate surface area is 134 Å². The van der Waals surface area contributed by atoms with Crippen molar-refractivity contribution in [3.8, 4) is 11.5 Å². The highest BCUT2D eigenvalue weighted by atomic mass is 32.1. The third-order valence-corrected chi connectivity index (χ3v) is 4.57. The molecule has 116 valence electrons. The van der Waals surface area contributed by atoms with Crippen LogP contribution in [0.3, 0.4) is 0 Å². The summed E-state index contributed by atoms with van der Waals surface area (Å²) in [4.78, 5) is 13.7. The third-order valence-electron chi connectivity index (χ3n) is 3.62. The summed E-state index contributed by atoms with van der Waals surface area (Å²) in [6, 6.07) is 11.4. The summed E-state index contributed by atoms with van der Waals surface area (Å²) in [7, 11) is 0. The predicted molar refractivity (Wildman–Crippen MR) is 86.4 cm³/mol. The number of nitrogens with one attached hydrogen (secondary N) is 1. The smallest absolute Gasteiger partial charge is 0.265 e. The average Bonchev–Trinajstić information content (AvgIpc) is 3.05. The second-order valence-corrected chi connectivity index (χ2v) is 6.59. The van der Waals surface area contributed by atoms with E-state index in [2.05, 4.69) is 19.2 Å². The van der Waals surface area contributed by atoms with Gasteiger partial charge in [-0.05, 0) is 29.5 Å². The molecule has 1 aromatic heterocycles. The second-order valence-electron chi connectivity index (χ2n) is 5.61. The van der Waals surface area contributed by atoms with Crippen LogP contribution in [0.25, 0.3) is 0 Å². The van der Waals surface area contributed by atoms with Crippen molar-refractivity contribution in [3.63, 3.8) is 0 Å². The van der Waals surface area contributed by atoms with E-state index in [-0.39, 0.29) is 18.6 Å². The van der Waals surface area contributed by atoms with Gasteiger partial charge in [-0.15, -0.1) is 11.3 Å². The second kappa shape index (κ2) is 6.40. The Morgan fingerprint density at radius 1 is 1.23 bits per heavy atom. The molecule has 1 amide bonds. The molecule has 4 nitrogen and oxygen atoms in total. The Kier molecular flexibility index (Phi) is 4.34. The monoisotopic (exact) mass is 317 g/mol. The van der Waals surface area contributed by atoms with Crippen LogP contribution in [-0.4, -0.2) is 18.6 Å². The summed E-state index contributed by atoms with van der Waals surface area (Å²) in [6.45, 7) is 4.43. The quantitative estimate of drug-likeness (QED) is 0.940. The van der Waals surface area contributed by atoms with E-state index in [9.17, 15) is 4.79 Å². The van der Waals surface area contributed by atoms with Crippen molar-refractivity contribution in [2.24, 2.45) is 5.92 Å². The summed E-state index contributed by atoms with van der Waals surface area (Å²) >= 11 is 1.65. The molecule has 0 aliphatic carbocycles. The van der Waals surface area contributed by atoms with Crippen LogP contribution in [0.1, 0.15) is 24.8 Å². The van der Waals surface area contributed by atoms with E-state index < -0.39 is 6.10 Å². The van der Waals surface area contributed by atoms with E-state index in [4.69, 9.17) is 9.47 Å². The first-order valence-electron chi connectivity index (χ1n) is 7.37. The molecule has 5 heteroatoms. The first-order valence-corrected chi connectivity index (χ1v) is 8.25. The Morgan fingerprint density at radius 2 is 2.00 bits per heavy atom.